The van der Waals surface area contributed by atoms with Crippen molar-refractivity contribution in [2.75, 3.05) is 0 Å². The van der Waals surface area contributed by atoms with Crippen molar-refractivity contribution >= 4 is 11.2 Å². The third kappa shape index (κ3) is 2.62. The Morgan fingerprint density at radius 1 is 1.12 bits per heavy atom. The standard InChI is InChI=1S/C20H22N4O2/c1-2-13-22-14-21-18-17(22)19(25)24(16-11-7-4-8-12-16)20(26)23(18)15-9-5-3-6-10-15/h2-3,5-6,9-10,14,16H,1,4,7-8,11-13H2. The molecule has 0 unspecified atom stereocenters. The number of aromatic nitrogens is 4. The van der Waals surface area contributed by atoms with E-state index in [9.17, 15) is 9.59 Å². The Kier molecular flexibility index (Phi) is 4.32. The summed E-state index contributed by atoms with van der Waals surface area (Å²) in [6.07, 6.45) is 8.32. The SMILES string of the molecule is C=CCn1cnc2c1c(=O)n(C1CCCCC1)c(=O)n2-c1ccccc1. The number of allylic oxidation sites excluding steroid dienone is 1. The van der Waals surface area contributed by atoms with E-state index in [1.54, 1.807) is 21.5 Å². The lowest BCUT2D eigenvalue weighted by molar-refractivity contribution is 0.335. The number of hydrogen-bond acceptors (Lipinski definition) is 3. The molecule has 0 aliphatic heterocycles. The maximum absolute atomic E-state index is 13.3. The Balaban J connectivity index is 2.07. The van der Waals surface area contributed by atoms with Crippen LogP contribution >= 0.6 is 0 Å². The highest BCUT2D eigenvalue weighted by Crippen LogP contribution is 2.26. The predicted octanol–water partition coefficient (Wildman–Crippen LogP) is 3.04. The Morgan fingerprint density at radius 2 is 1.85 bits per heavy atom. The van der Waals surface area contributed by atoms with Crippen LogP contribution in [0, 0.1) is 0 Å². The first kappa shape index (κ1) is 16.6. The molecule has 4 rings (SSSR count). The highest BCUT2D eigenvalue weighted by atomic mass is 16.2. The van der Waals surface area contributed by atoms with E-state index in [-0.39, 0.29) is 17.3 Å². The van der Waals surface area contributed by atoms with Crippen LogP contribution in [-0.2, 0) is 6.54 Å². The molecule has 0 radical (unpaired) electrons. The highest BCUT2D eigenvalue weighted by molar-refractivity contribution is 5.72. The van der Waals surface area contributed by atoms with Gasteiger partial charge in [0.05, 0.1) is 12.0 Å². The molecule has 1 aliphatic carbocycles. The van der Waals surface area contributed by atoms with Gasteiger partial charge in [-0.1, -0.05) is 43.5 Å². The maximum atomic E-state index is 13.3. The fourth-order valence-electron chi connectivity index (χ4n) is 3.90. The molecule has 2 aromatic heterocycles. The van der Waals surface area contributed by atoms with Gasteiger partial charge in [-0.05, 0) is 25.0 Å². The van der Waals surface area contributed by atoms with E-state index in [0.717, 1.165) is 37.8 Å². The van der Waals surface area contributed by atoms with Crippen LogP contribution in [0.4, 0.5) is 0 Å². The normalized spacial score (nSPS) is 15.4. The van der Waals surface area contributed by atoms with E-state index in [2.05, 4.69) is 11.6 Å². The molecule has 0 amide bonds. The zero-order chi connectivity index (χ0) is 18.1. The van der Waals surface area contributed by atoms with Crippen LogP contribution in [-0.4, -0.2) is 18.7 Å². The molecular formula is C20H22N4O2. The second kappa shape index (κ2) is 6.78. The van der Waals surface area contributed by atoms with Gasteiger partial charge in [0.2, 0.25) is 0 Å². The van der Waals surface area contributed by atoms with Crippen molar-refractivity contribution < 1.29 is 0 Å². The van der Waals surface area contributed by atoms with Gasteiger partial charge in [-0.25, -0.2) is 14.3 Å². The van der Waals surface area contributed by atoms with E-state index in [1.807, 2.05) is 30.3 Å². The minimum absolute atomic E-state index is 0.0461. The van der Waals surface area contributed by atoms with Crippen molar-refractivity contribution in [1.82, 2.24) is 18.7 Å². The third-order valence-corrected chi connectivity index (χ3v) is 5.13. The molecule has 0 atom stereocenters. The van der Waals surface area contributed by atoms with E-state index in [1.165, 1.54) is 4.57 Å². The highest BCUT2D eigenvalue weighted by Gasteiger charge is 2.24. The Labute approximate surface area is 151 Å². The van der Waals surface area contributed by atoms with Gasteiger partial charge in [-0.2, -0.15) is 0 Å². The summed E-state index contributed by atoms with van der Waals surface area (Å²) in [5.41, 5.74) is 1.03. The molecule has 6 nitrogen and oxygen atoms in total. The average molecular weight is 350 g/mol. The lowest BCUT2D eigenvalue weighted by Gasteiger charge is -2.24. The molecule has 2 heterocycles. The molecule has 0 saturated heterocycles. The smallest absolute Gasteiger partial charge is 0.321 e. The average Bonchev–Trinajstić information content (AvgIpc) is 3.08. The zero-order valence-corrected chi connectivity index (χ0v) is 14.7. The summed E-state index contributed by atoms with van der Waals surface area (Å²) in [6.45, 7) is 4.23. The molecule has 1 saturated carbocycles. The molecule has 0 N–H and O–H groups in total. The van der Waals surface area contributed by atoms with Gasteiger partial charge in [0, 0.05) is 12.6 Å². The topological polar surface area (TPSA) is 61.8 Å². The van der Waals surface area contributed by atoms with Crippen molar-refractivity contribution in [2.45, 2.75) is 44.7 Å². The van der Waals surface area contributed by atoms with Gasteiger partial charge in [0.25, 0.3) is 5.56 Å². The van der Waals surface area contributed by atoms with Gasteiger partial charge >= 0.3 is 5.69 Å². The van der Waals surface area contributed by atoms with E-state index >= 15 is 0 Å². The summed E-state index contributed by atoms with van der Waals surface area (Å²) in [5.74, 6) is 0. The predicted molar refractivity (Wildman–Crippen MR) is 102 cm³/mol. The first-order valence-electron chi connectivity index (χ1n) is 9.11. The lowest BCUT2D eigenvalue weighted by atomic mass is 9.95. The van der Waals surface area contributed by atoms with E-state index in [4.69, 9.17) is 0 Å². The van der Waals surface area contributed by atoms with Gasteiger partial charge < -0.3 is 4.57 Å². The second-order valence-corrected chi connectivity index (χ2v) is 6.78. The Bertz CT molecular complexity index is 1050. The fraction of sp³-hybridized carbons (Fsp3) is 0.350. The summed E-state index contributed by atoms with van der Waals surface area (Å²) in [4.78, 5) is 31.0. The molecule has 3 aromatic rings. The lowest BCUT2D eigenvalue weighted by Crippen LogP contribution is -2.42. The maximum Gasteiger partial charge on any atom is 0.337 e. The number of imidazole rings is 1. The minimum Gasteiger partial charge on any atom is -0.321 e. The van der Waals surface area contributed by atoms with Crippen LogP contribution in [0.3, 0.4) is 0 Å². The van der Waals surface area contributed by atoms with Crippen LogP contribution in [0.5, 0.6) is 0 Å². The van der Waals surface area contributed by atoms with Crippen molar-refractivity contribution in [3.05, 3.63) is 70.2 Å². The molecule has 0 bridgehead atoms. The van der Waals surface area contributed by atoms with Crippen molar-refractivity contribution in [1.29, 1.82) is 0 Å². The van der Waals surface area contributed by atoms with Gasteiger partial charge in [-0.3, -0.25) is 9.36 Å². The molecule has 6 heteroatoms. The van der Waals surface area contributed by atoms with Crippen LogP contribution < -0.4 is 11.2 Å². The largest absolute Gasteiger partial charge is 0.337 e. The van der Waals surface area contributed by atoms with Crippen molar-refractivity contribution in [3.8, 4) is 5.69 Å². The number of nitrogens with zero attached hydrogens (tertiary/aromatic N) is 4. The molecular weight excluding hydrogens is 328 g/mol. The number of rotatable bonds is 4. The molecule has 0 spiro atoms. The molecule has 1 aromatic carbocycles. The van der Waals surface area contributed by atoms with Crippen LogP contribution in [0.1, 0.15) is 38.1 Å². The summed E-state index contributed by atoms with van der Waals surface area (Å²) in [7, 11) is 0. The summed E-state index contributed by atoms with van der Waals surface area (Å²) in [5, 5.41) is 0. The first-order valence-corrected chi connectivity index (χ1v) is 9.11. The number of para-hydroxylation sites is 1. The van der Waals surface area contributed by atoms with Gasteiger partial charge in [0.15, 0.2) is 11.2 Å². The molecule has 1 aliphatic rings. The third-order valence-electron chi connectivity index (χ3n) is 5.13. The summed E-state index contributed by atoms with van der Waals surface area (Å²) >= 11 is 0. The number of hydrogen-bond donors (Lipinski definition) is 0. The monoisotopic (exact) mass is 350 g/mol. The molecule has 26 heavy (non-hydrogen) atoms. The van der Waals surface area contributed by atoms with E-state index in [0.29, 0.717) is 17.7 Å². The Hall–Kier alpha value is -2.89. The van der Waals surface area contributed by atoms with Gasteiger partial charge in [-0.15, -0.1) is 6.58 Å². The quantitative estimate of drug-likeness (QED) is 0.680. The van der Waals surface area contributed by atoms with Crippen molar-refractivity contribution in [3.63, 3.8) is 0 Å². The fourth-order valence-corrected chi connectivity index (χ4v) is 3.90. The second-order valence-electron chi connectivity index (χ2n) is 6.78. The van der Waals surface area contributed by atoms with Gasteiger partial charge in [0.1, 0.15) is 0 Å². The summed E-state index contributed by atoms with van der Waals surface area (Å²) in [6, 6.07) is 9.34. The summed E-state index contributed by atoms with van der Waals surface area (Å²) < 4.78 is 4.78. The van der Waals surface area contributed by atoms with Crippen LogP contribution in [0.2, 0.25) is 0 Å². The Morgan fingerprint density at radius 3 is 2.54 bits per heavy atom. The van der Waals surface area contributed by atoms with Crippen LogP contribution in [0.25, 0.3) is 16.9 Å². The number of fused-ring (bicyclic) bond motifs is 1. The number of benzene rings is 1. The first-order chi connectivity index (χ1) is 12.7. The van der Waals surface area contributed by atoms with Crippen LogP contribution in [0.15, 0.2) is 58.9 Å². The molecule has 1 fully saturated rings. The molecule has 134 valence electrons. The zero-order valence-electron chi connectivity index (χ0n) is 14.7. The van der Waals surface area contributed by atoms with Crippen molar-refractivity contribution in [2.24, 2.45) is 0 Å². The van der Waals surface area contributed by atoms with E-state index < -0.39 is 0 Å². The minimum atomic E-state index is -0.301.